The molecule has 5 nitrogen and oxygen atoms in total. The van der Waals surface area contributed by atoms with Gasteiger partial charge in [0.2, 0.25) is 0 Å². The number of carboxylic acid groups (broad SMARTS) is 1. The van der Waals surface area contributed by atoms with Gasteiger partial charge in [0, 0.05) is 5.56 Å². The largest absolute Gasteiger partial charge is 0.480 e. The zero-order valence-electron chi connectivity index (χ0n) is 9.45. The van der Waals surface area contributed by atoms with Crippen molar-refractivity contribution < 1.29 is 9.90 Å². The summed E-state index contributed by atoms with van der Waals surface area (Å²) in [6, 6.07) is 8.84. The highest BCUT2D eigenvalue weighted by Crippen LogP contribution is 2.22. The summed E-state index contributed by atoms with van der Waals surface area (Å²) in [4.78, 5) is 11.1. The first-order valence-corrected chi connectivity index (χ1v) is 5.42. The standard InChI is InChI=1S/C12H13N3O2/c1-2-10(12(16)17)15-11(8-13-14-15)9-6-4-3-5-7-9/h3-8,10H,2H2,1H3,(H,16,17). The van der Waals surface area contributed by atoms with Crippen molar-refractivity contribution in [2.24, 2.45) is 0 Å². The number of hydrogen-bond donors (Lipinski definition) is 1. The summed E-state index contributed by atoms with van der Waals surface area (Å²) < 4.78 is 1.46. The zero-order chi connectivity index (χ0) is 12.3. The van der Waals surface area contributed by atoms with Crippen molar-refractivity contribution in [3.8, 4) is 11.3 Å². The third-order valence-corrected chi connectivity index (χ3v) is 2.61. The predicted molar refractivity (Wildman–Crippen MR) is 62.4 cm³/mol. The predicted octanol–water partition coefficient (Wildman–Crippen LogP) is 1.98. The summed E-state index contributed by atoms with van der Waals surface area (Å²) in [6.07, 6.45) is 2.06. The molecule has 0 saturated carbocycles. The molecule has 1 N–H and O–H groups in total. The SMILES string of the molecule is CCC(C(=O)O)n1nncc1-c1ccccc1. The molecule has 0 fully saturated rings. The van der Waals surface area contributed by atoms with Crippen LogP contribution in [0.15, 0.2) is 36.5 Å². The average molecular weight is 231 g/mol. The maximum atomic E-state index is 11.1. The molecule has 0 aliphatic rings. The molecule has 1 atom stereocenters. The highest BCUT2D eigenvalue weighted by Gasteiger charge is 2.21. The first kappa shape index (κ1) is 11.3. The van der Waals surface area contributed by atoms with E-state index >= 15 is 0 Å². The number of rotatable bonds is 4. The molecule has 5 heteroatoms. The van der Waals surface area contributed by atoms with Crippen LogP contribution < -0.4 is 0 Å². The Labute approximate surface area is 98.7 Å². The van der Waals surface area contributed by atoms with Gasteiger partial charge in [0.05, 0.1) is 11.9 Å². The van der Waals surface area contributed by atoms with Gasteiger partial charge < -0.3 is 5.11 Å². The van der Waals surface area contributed by atoms with E-state index in [1.54, 1.807) is 6.20 Å². The summed E-state index contributed by atoms with van der Waals surface area (Å²) >= 11 is 0. The summed E-state index contributed by atoms with van der Waals surface area (Å²) in [7, 11) is 0. The Bertz CT molecular complexity index is 507. The lowest BCUT2D eigenvalue weighted by atomic mass is 10.1. The lowest BCUT2D eigenvalue weighted by Crippen LogP contribution is -2.20. The van der Waals surface area contributed by atoms with Crippen molar-refractivity contribution in [1.29, 1.82) is 0 Å². The van der Waals surface area contributed by atoms with E-state index in [9.17, 15) is 4.79 Å². The lowest BCUT2D eigenvalue weighted by molar-refractivity contribution is -0.141. The van der Waals surface area contributed by atoms with E-state index in [1.807, 2.05) is 37.3 Å². The Morgan fingerprint density at radius 2 is 2.12 bits per heavy atom. The molecule has 2 rings (SSSR count). The molecule has 17 heavy (non-hydrogen) atoms. The fourth-order valence-corrected chi connectivity index (χ4v) is 1.74. The van der Waals surface area contributed by atoms with Crippen LogP contribution in [0.1, 0.15) is 19.4 Å². The molecule has 1 aromatic carbocycles. The molecule has 2 aromatic rings. The van der Waals surface area contributed by atoms with Gasteiger partial charge in [-0.25, -0.2) is 9.48 Å². The van der Waals surface area contributed by atoms with Crippen LogP contribution in [0.25, 0.3) is 11.3 Å². The number of hydrogen-bond acceptors (Lipinski definition) is 3. The van der Waals surface area contributed by atoms with Gasteiger partial charge >= 0.3 is 5.97 Å². The quantitative estimate of drug-likeness (QED) is 0.873. The molecule has 0 aliphatic carbocycles. The van der Waals surface area contributed by atoms with Crippen molar-refractivity contribution in [3.05, 3.63) is 36.5 Å². The summed E-state index contributed by atoms with van der Waals surface area (Å²) in [5.74, 6) is -0.893. The van der Waals surface area contributed by atoms with Crippen LogP contribution in [0, 0.1) is 0 Å². The molecule has 88 valence electrons. The van der Waals surface area contributed by atoms with E-state index in [1.165, 1.54) is 4.68 Å². The highest BCUT2D eigenvalue weighted by molar-refractivity contribution is 5.73. The summed E-state index contributed by atoms with van der Waals surface area (Å²) in [5, 5.41) is 16.8. The smallest absolute Gasteiger partial charge is 0.328 e. The van der Waals surface area contributed by atoms with Crippen LogP contribution in [-0.2, 0) is 4.79 Å². The van der Waals surface area contributed by atoms with Crippen molar-refractivity contribution >= 4 is 5.97 Å². The minimum atomic E-state index is -0.893. The van der Waals surface area contributed by atoms with Crippen LogP contribution >= 0.6 is 0 Å². The van der Waals surface area contributed by atoms with E-state index in [0.717, 1.165) is 11.3 Å². The number of aromatic nitrogens is 3. The van der Waals surface area contributed by atoms with Crippen LogP contribution in [0.3, 0.4) is 0 Å². The molecule has 0 spiro atoms. The second-order valence-electron chi connectivity index (χ2n) is 3.69. The monoisotopic (exact) mass is 231 g/mol. The number of aliphatic carboxylic acids is 1. The molecule has 1 heterocycles. The average Bonchev–Trinajstić information content (AvgIpc) is 2.80. The van der Waals surface area contributed by atoms with Crippen LogP contribution in [0.4, 0.5) is 0 Å². The van der Waals surface area contributed by atoms with Gasteiger partial charge in [-0.05, 0) is 6.42 Å². The van der Waals surface area contributed by atoms with Crippen LogP contribution in [0.2, 0.25) is 0 Å². The zero-order valence-corrected chi connectivity index (χ0v) is 9.45. The Balaban J connectivity index is 2.45. The highest BCUT2D eigenvalue weighted by atomic mass is 16.4. The van der Waals surface area contributed by atoms with Gasteiger partial charge in [0.25, 0.3) is 0 Å². The fraction of sp³-hybridized carbons (Fsp3) is 0.250. The lowest BCUT2D eigenvalue weighted by Gasteiger charge is -2.12. The van der Waals surface area contributed by atoms with Gasteiger partial charge in [-0.2, -0.15) is 0 Å². The molecule has 0 saturated heterocycles. The Kier molecular flexibility index (Phi) is 3.18. The maximum Gasteiger partial charge on any atom is 0.328 e. The number of benzene rings is 1. The molecule has 0 bridgehead atoms. The molecule has 1 unspecified atom stereocenters. The van der Waals surface area contributed by atoms with E-state index in [0.29, 0.717) is 6.42 Å². The van der Waals surface area contributed by atoms with Crippen LogP contribution in [0.5, 0.6) is 0 Å². The number of carbonyl (C=O) groups is 1. The van der Waals surface area contributed by atoms with E-state index in [-0.39, 0.29) is 0 Å². The molecule has 0 amide bonds. The Hall–Kier alpha value is -2.17. The van der Waals surface area contributed by atoms with E-state index in [2.05, 4.69) is 10.3 Å². The summed E-state index contributed by atoms with van der Waals surface area (Å²) in [6.45, 7) is 1.81. The van der Waals surface area contributed by atoms with Gasteiger partial charge in [-0.1, -0.05) is 42.5 Å². The minimum Gasteiger partial charge on any atom is -0.480 e. The molecule has 0 radical (unpaired) electrons. The molecular formula is C12H13N3O2. The van der Waals surface area contributed by atoms with E-state index < -0.39 is 12.0 Å². The molecule has 0 aliphatic heterocycles. The number of nitrogens with zero attached hydrogens (tertiary/aromatic N) is 3. The second kappa shape index (κ2) is 4.78. The number of carboxylic acids is 1. The topological polar surface area (TPSA) is 68.0 Å². The van der Waals surface area contributed by atoms with Crippen molar-refractivity contribution in [3.63, 3.8) is 0 Å². The van der Waals surface area contributed by atoms with Gasteiger partial charge in [0.15, 0.2) is 6.04 Å². The Morgan fingerprint density at radius 3 is 2.71 bits per heavy atom. The van der Waals surface area contributed by atoms with Crippen molar-refractivity contribution in [2.75, 3.05) is 0 Å². The Morgan fingerprint density at radius 1 is 1.41 bits per heavy atom. The van der Waals surface area contributed by atoms with Crippen molar-refractivity contribution in [1.82, 2.24) is 15.0 Å². The molecule has 1 aromatic heterocycles. The second-order valence-corrected chi connectivity index (χ2v) is 3.69. The summed E-state index contributed by atoms with van der Waals surface area (Å²) in [5.41, 5.74) is 1.64. The first-order valence-electron chi connectivity index (χ1n) is 5.42. The molecular weight excluding hydrogens is 218 g/mol. The van der Waals surface area contributed by atoms with Crippen molar-refractivity contribution in [2.45, 2.75) is 19.4 Å². The van der Waals surface area contributed by atoms with Gasteiger partial charge in [-0.15, -0.1) is 5.10 Å². The van der Waals surface area contributed by atoms with E-state index in [4.69, 9.17) is 5.11 Å². The third kappa shape index (κ3) is 2.18. The minimum absolute atomic E-state index is 0.471. The fourth-order valence-electron chi connectivity index (χ4n) is 1.74. The van der Waals surface area contributed by atoms with Gasteiger partial charge in [-0.3, -0.25) is 0 Å². The first-order chi connectivity index (χ1) is 8.24. The maximum absolute atomic E-state index is 11.1. The van der Waals surface area contributed by atoms with Crippen LogP contribution in [-0.4, -0.2) is 26.1 Å². The third-order valence-electron chi connectivity index (χ3n) is 2.61. The normalized spacial score (nSPS) is 12.3. The van der Waals surface area contributed by atoms with Gasteiger partial charge in [0.1, 0.15) is 0 Å².